The number of rotatable bonds is 5. The molecule has 1 aliphatic rings. The molecule has 13 heteroatoms. The van der Waals surface area contributed by atoms with Gasteiger partial charge in [0.15, 0.2) is 0 Å². The molecule has 2 aromatic carbocycles. The number of ether oxygens (including phenoxy) is 1. The minimum atomic E-state index is -0.617. The van der Waals surface area contributed by atoms with E-state index < -0.39 is 12.1 Å². The Hall–Kier alpha value is -5.10. The fraction of sp³-hybridized carbons (Fsp3) is 0.233. The summed E-state index contributed by atoms with van der Waals surface area (Å²) in [6, 6.07) is 13.7. The predicted molar refractivity (Wildman–Crippen MR) is 161 cm³/mol. The van der Waals surface area contributed by atoms with Crippen molar-refractivity contribution in [2.45, 2.75) is 32.2 Å². The topological polar surface area (TPSA) is 153 Å². The maximum atomic E-state index is 13.2. The first-order chi connectivity index (χ1) is 20.8. The lowest BCUT2D eigenvalue weighted by Gasteiger charge is -2.22. The van der Waals surface area contributed by atoms with Crippen LogP contribution in [0.25, 0.3) is 22.9 Å². The maximum Gasteiger partial charge on any atom is 0.411 e. The van der Waals surface area contributed by atoms with Crippen LogP contribution in [0.1, 0.15) is 43.5 Å². The van der Waals surface area contributed by atoms with E-state index in [1.807, 2.05) is 19.1 Å². The number of halogens is 1. The predicted octanol–water partition coefficient (Wildman–Crippen LogP) is 5.19. The largest absolute Gasteiger partial charge is 0.453 e. The number of benzene rings is 2. The monoisotopic (exact) mass is 600 g/mol. The first-order valence-corrected chi connectivity index (χ1v) is 14.0. The Kier molecular flexibility index (Phi) is 9.06. The molecular formula is C30H29ClN8O4. The molecule has 0 saturated carbocycles. The van der Waals surface area contributed by atoms with Gasteiger partial charge in [0.25, 0.3) is 0 Å². The Morgan fingerprint density at radius 1 is 1.14 bits per heavy atom. The second kappa shape index (κ2) is 13.3. The smallest absolute Gasteiger partial charge is 0.411 e. The Balaban J connectivity index is 1.44. The van der Waals surface area contributed by atoms with Crippen molar-refractivity contribution in [1.82, 2.24) is 30.5 Å². The van der Waals surface area contributed by atoms with E-state index in [2.05, 4.69) is 36.5 Å². The number of carbonyl (C=O) groups is 3. The molecule has 0 saturated heterocycles. The number of nitrogens with one attached hydrogen (secondary N) is 3. The van der Waals surface area contributed by atoms with Crippen LogP contribution in [0.4, 0.5) is 16.2 Å². The number of anilines is 2. The third kappa shape index (κ3) is 7.22. The first kappa shape index (κ1) is 29.4. The van der Waals surface area contributed by atoms with E-state index in [-0.39, 0.29) is 17.7 Å². The molecule has 0 spiro atoms. The number of aromatic nitrogens is 5. The molecule has 2 atom stereocenters. The number of pyridine rings is 1. The van der Waals surface area contributed by atoms with Gasteiger partial charge in [0.2, 0.25) is 11.8 Å². The van der Waals surface area contributed by atoms with Crippen LogP contribution >= 0.6 is 11.6 Å². The number of methoxy groups -OCH3 is 1. The van der Waals surface area contributed by atoms with E-state index in [9.17, 15) is 14.4 Å². The Bertz CT molecular complexity index is 1670. The van der Waals surface area contributed by atoms with E-state index >= 15 is 0 Å². The van der Waals surface area contributed by atoms with Crippen LogP contribution in [0.3, 0.4) is 0 Å². The average Bonchev–Trinajstić information content (AvgIpc) is 3.54. The van der Waals surface area contributed by atoms with Gasteiger partial charge in [-0.2, -0.15) is 4.68 Å². The number of nitrogens with zero attached hydrogens (tertiary/aromatic N) is 5. The van der Waals surface area contributed by atoms with Crippen molar-refractivity contribution in [2.24, 2.45) is 5.92 Å². The lowest BCUT2D eigenvalue weighted by molar-refractivity contribution is -0.120. The number of hydrogen-bond acceptors (Lipinski definition) is 8. The van der Waals surface area contributed by atoms with Crippen molar-refractivity contribution in [2.75, 3.05) is 17.7 Å². The van der Waals surface area contributed by atoms with Crippen LogP contribution in [-0.2, 0) is 14.3 Å². The van der Waals surface area contributed by atoms with E-state index in [1.54, 1.807) is 48.7 Å². The molecule has 5 rings (SSSR count). The number of amides is 3. The second-order valence-electron chi connectivity index (χ2n) is 10.0. The summed E-state index contributed by atoms with van der Waals surface area (Å²) < 4.78 is 6.18. The number of hydrogen-bond donors (Lipinski definition) is 3. The lowest BCUT2D eigenvalue weighted by atomic mass is 9.95. The molecule has 0 radical (unpaired) electrons. The summed E-state index contributed by atoms with van der Waals surface area (Å²) in [5.41, 5.74) is 4.53. The number of tetrazole rings is 1. The van der Waals surface area contributed by atoms with Crippen LogP contribution in [-0.4, -0.2) is 50.2 Å². The van der Waals surface area contributed by atoms with Gasteiger partial charge in [0.1, 0.15) is 6.33 Å². The van der Waals surface area contributed by atoms with Gasteiger partial charge in [-0.25, -0.2) is 4.79 Å². The SMILES string of the molecule is COC(=O)Nc1ccc2c(c1)NC(=O)C(C)CCC[C@H](NC(=O)/C=C/c1cc(Cl)ccc1-n1cnnn1)c1cc-2ccn1. The molecule has 0 aliphatic carbocycles. The van der Waals surface area contributed by atoms with Gasteiger partial charge < -0.3 is 15.4 Å². The zero-order valence-electron chi connectivity index (χ0n) is 23.5. The van der Waals surface area contributed by atoms with Gasteiger partial charge in [-0.1, -0.05) is 31.0 Å². The lowest BCUT2D eigenvalue weighted by Crippen LogP contribution is -2.28. The highest BCUT2D eigenvalue weighted by Gasteiger charge is 2.22. The molecule has 2 aromatic heterocycles. The van der Waals surface area contributed by atoms with E-state index in [1.165, 1.54) is 24.2 Å². The summed E-state index contributed by atoms with van der Waals surface area (Å²) in [5, 5.41) is 20.5. The molecule has 12 nitrogen and oxygen atoms in total. The van der Waals surface area contributed by atoms with Gasteiger partial charge in [0.05, 0.1) is 30.2 Å². The molecule has 3 N–H and O–H groups in total. The van der Waals surface area contributed by atoms with Crippen molar-refractivity contribution in [3.05, 3.63) is 83.4 Å². The van der Waals surface area contributed by atoms with Gasteiger partial charge in [-0.15, -0.1) is 5.10 Å². The first-order valence-electron chi connectivity index (χ1n) is 13.6. The Morgan fingerprint density at radius 2 is 2.00 bits per heavy atom. The molecule has 0 fully saturated rings. The van der Waals surface area contributed by atoms with Crippen LogP contribution < -0.4 is 16.0 Å². The summed E-state index contributed by atoms with van der Waals surface area (Å²) in [7, 11) is 1.28. The van der Waals surface area contributed by atoms with Crippen molar-refractivity contribution in [3.63, 3.8) is 0 Å². The zero-order chi connectivity index (χ0) is 30.3. The highest BCUT2D eigenvalue weighted by Crippen LogP contribution is 2.34. The van der Waals surface area contributed by atoms with Crippen molar-refractivity contribution in [3.8, 4) is 16.8 Å². The number of carbonyl (C=O) groups excluding carboxylic acids is 3. The van der Waals surface area contributed by atoms with Gasteiger partial charge in [-0.05, 0) is 77.4 Å². The summed E-state index contributed by atoms with van der Waals surface area (Å²) in [6.45, 7) is 1.86. The zero-order valence-corrected chi connectivity index (χ0v) is 24.2. The van der Waals surface area contributed by atoms with Crippen LogP contribution in [0.2, 0.25) is 5.02 Å². The van der Waals surface area contributed by atoms with E-state index in [0.717, 1.165) is 11.1 Å². The minimum Gasteiger partial charge on any atom is -0.453 e. The third-order valence-corrected chi connectivity index (χ3v) is 7.29. The summed E-state index contributed by atoms with van der Waals surface area (Å²) >= 11 is 6.21. The summed E-state index contributed by atoms with van der Waals surface area (Å²) in [6.07, 6.45) is 7.44. The van der Waals surface area contributed by atoms with E-state index in [0.29, 0.717) is 52.6 Å². The summed E-state index contributed by atoms with van der Waals surface area (Å²) in [4.78, 5) is 42.6. The number of fused-ring (bicyclic) bond motifs is 4. The molecule has 1 unspecified atom stereocenters. The van der Waals surface area contributed by atoms with Crippen LogP contribution in [0, 0.1) is 5.92 Å². The molecule has 220 valence electrons. The van der Waals surface area contributed by atoms with Gasteiger partial charge in [0, 0.05) is 40.0 Å². The normalized spacial score (nSPS) is 16.8. The Labute approximate surface area is 252 Å². The fourth-order valence-electron chi connectivity index (χ4n) is 4.79. The highest BCUT2D eigenvalue weighted by atomic mass is 35.5. The van der Waals surface area contributed by atoms with Crippen molar-refractivity contribution >= 4 is 47.0 Å². The highest BCUT2D eigenvalue weighted by molar-refractivity contribution is 6.30. The summed E-state index contributed by atoms with van der Waals surface area (Å²) in [5.74, 6) is -0.758. The van der Waals surface area contributed by atoms with Gasteiger partial charge >= 0.3 is 6.09 Å². The van der Waals surface area contributed by atoms with Crippen molar-refractivity contribution in [1.29, 1.82) is 0 Å². The third-order valence-electron chi connectivity index (χ3n) is 7.05. The van der Waals surface area contributed by atoms with Crippen LogP contribution in [0.15, 0.2) is 67.1 Å². The molecule has 4 aromatic rings. The standard InChI is InChI=1S/C30H29ClN8O4/c1-18-4-3-5-24(35-28(40)11-6-20-14-21(31)7-10-27(20)39-17-33-37-38-39)26-15-19(12-13-32-26)23-9-8-22(34-30(42)43-2)16-25(23)36-29(18)41/h6-18,24H,3-5H2,1-2H3,(H,34,42)(H,35,40)(H,36,41)/b11-6+/t18?,24-/m0/s1. The fourth-order valence-corrected chi connectivity index (χ4v) is 4.97. The molecule has 3 heterocycles. The second-order valence-corrected chi connectivity index (χ2v) is 10.5. The van der Waals surface area contributed by atoms with E-state index in [4.69, 9.17) is 16.3 Å². The molecule has 1 aliphatic heterocycles. The quantitative estimate of drug-likeness (QED) is 0.265. The molecular weight excluding hydrogens is 572 g/mol. The Morgan fingerprint density at radius 3 is 2.79 bits per heavy atom. The average molecular weight is 601 g/mol. The van der Waals surface area contributed by atoms with Crippen LogP contribution in [0.5, 0.6) is 0 Å². The van der Waals surface area contributed by atoms with Gasteiger partial charge in [-0.3, -0.25) is 19.9 Å². The molecule has 3 amide bonds. The minimum absolute atomic E-state index is 0.144. The molecule has 43 heavy (non-hydrogen) atoms. The maximum absolute atomic E-state index is 13.2. The van der Waals surface area contributed by atoms with Crippen molar-refractivity contribution < 1.29 is 19.1 Å². The molecule has 2 bridgehead atoms.